The minimum Gasteiger partial charge on any atom is -0.367 e. The smallest absolute Gasteiger partial charge is 0.274 e. The lowest BCUT2D eigenvalue weighted by Crippen LogP contribution is -2.27. The van der Waals surface area contributed by atoms with Crippen molar-refractivity contribution in [3.05, 3.63) is 23.7 Å². The number of hydrogen-bond donors (Lipinski definition) is 1. The lowest BCUT2D eigenvalue weighted by molar-refractivity contribution is -0.0469. The van der Waals surface area contributed by atoms with E-state index in [0.717, 1.165) is 25.7 Å². The number of nitriles is 1. The molecule has 1 N–H and O–H groups in total. The van der Waals surface area contributed by atoms with Crippen molar-refractivity contribution in [1.29, 1.82) is 5.26 Å². The molecule has 1 saturated carbocycles. The average molecular weight is 272 g/mol. The number of nitrogens with zero attached hydrogens (tertiary/aromatic N) is 3. The molecule has 0 aromatic carbocycles. The molecule has 1 aliphatic carbocycles. The number of rotatable bonds is 4. The molecule has 0 atom stereocenters. The fourth-order valence-electron chi connectivity index (χ4n) is 2.76. The Bertz CT molecular complexity index is 632. The number of nitrogens with one attached hydrogen (secondary N) is 1. The monoisotopic (exact) mass is 272 g/mol. The molecule has 104 valence electrons. The second-order valence-corrected chi connectivity index (χ2v) is 4.96. The minimum absolute atomic E-state index is 0.396. The van der Waals surface area contributed by atoms with Crippen LogP contribution in [0.1, 0.15) is 44.1 Å². The van der Waals surface area contributed by atoms with Gasteiger partial charge in [0.05, 0.1) is 0 Å². The van der Waals surface area contributed by atoms with Crippen LogP contribution in [0, 0.1) is 11.3 Å². The van der Waals surface area contributed by atoms with Crippen LogP contribution in [0.4, 0.5) is 0 Å². The van der Waals surface area contributed by atoms with E-state index < -0.39 is 5.60 Å². The summed E-state index contributed by atoms with van der Waals surface area (Å²) in [5.74, 6) is 1.01. The van der Waals surface area contributed by atoms with E-state index in [0.29, 0.717) is 29.7 Å². The summed E-state index contributed by atoms with van der Waals surface area (Å²) in [4.78, 5) is 7.39. The first-order valence-electron chi connectivity index (χ1n) is 6.85. The zero-order valence-electron chi connectivity index (χ0n) is 11.3. The molecule has 0 radical (unpaired) electrons. The van der Waals surface area contributed by atoms with Gasteiger partial charge < -0.3 is 14.2 Å². The minimum atomic E-state index is -0.402. The molecule has 0 unspecified atom stereocenters. The summed E-state index contributed by atoms with van der Waals surface area (Å²) in [6.07, 6.45) is 4.08. The molecule has 6 nitrogen and oxygen atoms in total. The lowest BCUT2D eigenvalue weighted by atomic mass is 10.0. The van der Waals surface area contributed by atoms with Gasteiger partial charge in [-0.25, -0.2) is 0 Å². The van der Waals surface area contributed by atoms with Crippen molar-refractivity contribution in [3.8, 4) is 17.7 Å². The summed E-state index contributed by atoms with van der Waals surface area (Å²) in [5.41, 5.74) is 0.728. The van der Waals surface area contributed by atoms with Crippen molar-refractivity contribution in [3.63, 3.8) is 0 Å². The predicted molar refractivity (Wildman–Crippen MR) is 70.6 cm³/mol. The van der Waals surface area contributed by atoms with Crippen LogP contribution in [0.5, 0.6) is 0 Å². The van der Waals surface area contributed by atoms with Crippen molar-refractivity contribution >= 4 is 0 Å². The van der Waals surface area contributed by atoms with Gasteiger partial charge >= 0.3 is 0 Å². The van der Waals surface area contributed by atoms with Crippen molar-refractivity contribution in [2.75, 3.05) is 6.61 Å². The van der Waals surface area contributed by atoms with Gasteiger partial charge in [0.15, 0.2) is 0 Å². The van der Waals surface area contributed by atoms with Gasteiger partial charge in [0.1, 0.15) is 23.1 Å². The summed E-state index contributed by atoms with van der Waals surface area (Å²) < 4.78 is 11.2. The fourth-order valence-corrected chi connectivity index (χ4v) is 2.76. The van der Waals surface area contributed by atoms with E-state index in [1.165, 1.54) is 0 Å². The highest BCUT2D eigenvalue weighted by Gasteiger charge is 2.41. The molecule has 1 aliphatic rings. The maximum atomic E-state index is 8.82. The topological polar surface area (TPSA) is 87.7 Å². The van der Waals surface area contributed by atoms with Crippen LogP contribution in [0.25, 0.3) is 11.6 Å². The molecule has 0 amide bonds. The molecule has 1 fully saturated rings. The Balaban J connectivity index is 1.91. The Morgan fingerprint density at radius 2 is 2.25 bits per heavy atom. The highest BCUT2D eigenvalue weighted by Crippen LogP contribution is 2.41. The molecule has 6 heteroatoms. The summed E-state index contributed by atoms with van der Waals surface area (Å²) in [5, 5.41) is 12.9. The third-order valence-corrected chi connectivity index (χ3v) is 3.70. The predicted octanol–water partition coefficient (Wildman–Crippen LogP) is 2.74. The Labute approximate surface area is 116 Å². The van der Waals surface area contributed by atoms with Crippen LogP contribution in [0.3, 0.4) is 0 Å². The maximum absolute atomic E-state index is 8.82. The van der Waals surface area contributed by atoms with Gasteiger partial charge in [-0.15, -0.1) is 0 Å². The highest BCUT2D eigenvalue weighted by molar-refractivity contribution is 5.49. The van der Waals surface area contributed by atoms with Gasteiger partial charge in [0.2, 0.25) is 5.82 Å². The van der Waals surface area contributed by atoms with Gasteiger partial charge in [0, 0.05) is 6.61 Å². The summed E-state index contributed by atoms with van der Waals surface area (Å²) in [6, 6.07) is 5.49. The summed E-state index contributed by atoms with van der Waals surface area (Å²) in [7, 11) is 0. The normalized spacial score (nSPS) is 17.2. The second-order valence-electron chi connectivity index (χ2n) is 4.96. The molecule has 3 rings (SSSR count). The number of aromatic amines is 1. The first-order chi connectivity index (χ1) is 9.77. The number of aromatic nitrogens is 3. The molecule has 0 saturated heterocycles. The fraction of sp³-hybridized carbons (Fsp3) is 0.500. The van der Waals surface area contributed by atoms with Gasteiger partial charge in [-0.1, -0.05) is 5.16 Å². The average Bonchev–Trinajstić information content (AvgIpc) is 3.19. The third kappa shape index (κ3) is 2.10. The molecule has 20 heavy (non-hydrogen) atoms. The molecule has 2 aromatic heterocycles. The summed E-state index contributed by atoms with van der Waals surface area (Å²) in [6.45, 7) is 2.61. The Morgan fingerprint density at radius 3 is 2.90 bits per heavy atom. The van der Waals surface area contributed by atoms with Crippen LogP contribution in [0.2, 0.25) is 0 Å². The van der Waals surface area contributed by atoms with Gasteiger partial charge in [0.25, 0.3) is 5.89 Å². The quantitative estimate of drug-likeness (QED) is 0.924. The van der Waals surface area contributed by atoms with E-state index in [-0.39, 0.29) is 0 Å². The molecule has 0 spiro atoms. The standard InChI is InChI=1S/C14H16N4O2/c1-2-19-14(7-3-4-8-14)13-17-12(20-18-13)11-6-5-10(9-15)16-11/h5-6,16H,2-4,7-8H2,1H3. The largest absolute Gasteiger partial charge is 0.367 e. The van der Waals surface area contributed by atoms with Gasteiger partial charge in [-0.3, -0.25) is 0 Å². The van der Waals surface area contributed by atoms with Crippen LogP contribution in [0.15, 0.2) is 16.7 Å². The van der Waals surface area contributed by atoms with Gasteiger partial charge in [-0.2, -0.15) is 10.2 Å². The van der Waals surface area contributed by atoms with E-state index in [9.17, 15) is 0 Å². The molecule has 0 aliphatic heterocycles. The van der Waals surface area contributed by atoms with Crippen molar-refractivity contribution < 1.29 is 9.26 Å². The molecule has 0 bridgehead atoms. The first-order valence-corrected chi connectivity index (χ1v) is 6.85. The SMILES string of the molecule is CCOC1(c2noc(-c3ccc(C#N)[nH]3)n2)CCCC1. The van der Waals surface area contributed by atoms with E-state index in [1.807, 2.05) is 13.0 Å². The van der Waals surface area contributed by atoms with Gasteiger partial charge in [-0.05, 0) is 44.7 Å². The van der Waals surface area contributed by atoms with E-state index in [1.54, 1.807) is 12.1 Å². The third-order valence-electron chi connectivity index (χ3n) is 3.70. The number of hydrogen-bond acceptors (Lipinski definition) is 5. The Kier molecular flexibility index (Phi) is 3.28. The maximum Gasteiger partial charge on any atom is 0.274 e. The second kappa shape index (κ2) is 5.10. The molecule has 2 aromatic rings. The van der Waals surface area contributed by atoms with Crippen molar-refractivity contribution in [1.82, 2.24) is 15.1 Å². The zero-order valence-corrected chi connectivity index (χ0v) is 11.3. The van der Waals surface area contributed by atoms with Crippen LogP contribution in [-0.4, -0.2) is 21.7 Å². The van der Waals surface area contributed by atoms with Crippen LogP contribution < -0.4 is 0 Å². The highest BCUT2D eigenvalue weighted by atomic mass is 16.5. The number of ether oxygens (including phenoxy) is 1. The van der Waals surface area contributed by atoms with Crippen LogP contribution in [-0.2, 0) is 10.3 Å². The molecule has 2 heterocycles. The van der Waals surface area contributed by atoms with E-state index in [2.05, 4.69) is 15.1 Å². The molecular weight excluding hydrogens is 256 g/mol. The zero-order chi connectivity index (χ0) is 14.0. The number of H-pyrrole nitrogens is 1. The van der Waals surface area contributed by atoms with Crippen molar-refractivity contribution in [2.45, 2.75) is 38.2 Å². The van der Waals surface area contributed by atoms with Crippen molar-refractivity contribution in [2.24, 2.45) is 0 Å². The van der Waals surface area contributed by atoms with Crippen LogP contribution >= 0.6 is 0 Å². The van der Waals surface area contributed by atoms with E-state index in [4.69, 9.17) is 14.5 Å². The van der Waals surface area contributed by atoms with E-state index >= 15 is 0 Å². The Morgan fingerprint density at radius 1 is 1.45 bits per heavy atom. The first kappa shape index (κ1) is 12.9. The summed E-state index contributed by atoms with van der Waals surface area (Å²) >= 11 is 0. The lowest BCUT2D eigenvalue weighted by Gasteiger charge is -2.24. The Hall–Kier alpha value is -2.13. The molecular formula is C14H16N4O2.